The number of carbonyl (C=O) groups excluding carboxylic acids is 1. The summed E-state index contributed by atoms with van der Waals surface area (Å²) < 4.78 is 20.4. The number of fused-ring (bicyclic) bond motifs is 1. The minimum Gasteiger partial charge on any atom is -0.441 e. The molecule has 0 fully saturated rings. The van der Waals surface area contributed by atoms with Gasteiger partial charge in [0.2, 0.25) is 5.91 Å². The lowest BCUT2D eigenvalue weighted by Gasteiger charge is -2.04. The fourth-order valence-electron chi connectivity index (χ4n) is 2.99. The summed E-state index contributed by atoms with van der Waals surface area (Å²) in [4.78, 5) is 20.8. The number of aryl methyl sites for hydroxylation is 3. The zero-order valence-electron chi connectivity index (χ0n) is 15.4. The van der Waals surface area contributed by atoms with E-state index in [2.05, 4.69) is 20.4 Å². The first-order valence-corrected chi connectivity index (χ1v) is 8.79. The lowest BCUT2D eigenvalue weighted by atomic mass is 10.2. The van der Waals surface area contributed by atoms with Crippen molar-refractivity contribution in [1.29, 1.82) is 0 Å². The molecule has 28 heavy (non-hydrogen) atoms. The molecule has 0 unspecified atom stereocenters. The molecule has 8 heteroatoms. The molecule has 1 aromatic carbocycles. The maximum absolute atomic E-state index is 13.0. The largest absolute Gasteiger partial charge is 0.441 e. The van der Waals surface area contributed by atoms with Gasteiger partial charge in [-0.15, -0.1) is 0 Å². The van der Waals surface area contributed by atoms with Crippen LogP contribution in [0.5, 0.6) is 0 Å². The van der Waals surface area contributed by atoms with Crippen molar-refractivity contribution in [2.45, 2.75) is 19.8 Å². The third-order valence-electron chi connectivity index (χ3n) is 4.39. The van der Waals surface area contributed by atoms with Gasteiger partial charge in [-0.3, -0.25) is 9.48 Å². The first kappa shape index (κ1) is 17.8. The Hall–Kier alpha value is -3.55. The van der Waals surface area contributed by atoms with E-state index in [-0.39, 0.29) is 18.1 Å². The van der Waals surface area contributed by atoms with Crippen molar-refractivity contribution in [3.05, 3.63) is 60.1 Å². The zero-order chi connectivity index (χ0) is 19.7. The van der Waals surface area contributed by atoms with Crippen molar-refractivity contribution >= 4 is 22.6 Å². The molecule has 1 N–H and O–H groups in total. The van der Waals surface area contributed by atoms with Crippen molar-refractivity contribution in [3.8, 4) is 11.3 Å². The minimum absolute atomic E-state index is 0.163. The number of hydrogen-bond donors (Lipinski definition) is 1. The SMILES string of the molecule is Cc1nn(C)c2ncc(NC(=O)CCc3ncc(-c4ccc(F)cc4)o3)cc12. The van der Waals surface area contributed by atoms with Gasteiger partial charge in [0, 0.05) is 30.8 Å². The highest BCUT2D eigenvalue weighted by Crippen LogP contribution is 2.22. The minimum atomic E-state index is -0.311. The molecule has 0 aliphatic heterocycles. The molecular formula is C20H18FN5O2. The third-order valence-corrected chi connectivity index (χ3v) is 4.39. The van der Waals surface area contributed by atoms with Gasteiger partial charge in [0.1, 0.15) is 5.82 Å². The second-order valence-corrected chi connectivity index (χ2v) is 6.48. The van der Waals surface area contributed by atoms with E-state index in [9.17, 15) is 9.18 Å². The molecule has 7 nitrogen and oxygen atoms in total. The molecule has 0 bridgehead atoms. The van der Waals surface area contributed by atoms with Gasteiger partial charge in [0.15, 0.2) is 17.3 Å². The van der Waals surface area contributed by atoms with E-state index in [1.165, 1.54) is 12.1 Å². The fraction of sp³-hybridized carbons (Fsp3) is 0.200. The molecule has 0 atom stereocenters. The van der Waals surface area contributed by atoms with Gasteiger partial charge in [0.25, 0.3) is 0 Å². The van der Waals surface area contributed by atoms with Gasteiger partial charge in [-0.1, -0.05) is 0 Å². The van der Waals surface area contributed by atoms with Crippen LogP contribution >= 0.6 is 0 Å². The summed E-state index contributed by atoms with van der Waals surface area (Å²) in [6.45, 7) is 1.90. The number of halogens is 1. The van der Waals surface area contributed by atoms with E-state index in [1.54, 1.807) is 29.2 Å². The molecule has 4 aromatic rings. The molecule has 0 saturated heterocycles. The first-order valence-electron chi connectivity index (χ1n) is 8.79. The predicted octanol–water partition coefficient (Wildman–Crippen LogP) is 3.64. The molecule has 3 heterocycles. The highest BCUT2D eigenvalue weighted by atomic mass is 19.1. The van der Waals surface area contributed by atoms with Crippen LogP contribution in [0.15, 0.2) is 47.1 Å². The summed E-state index contributed by atoms with van der Waals surface area (Å²) in [6, 6.07) is 7.83. The molecule has 3 aromatic heterocycles. The standard InChI is InChI=1S/C20H18FN5O2/c1-12-16-9-15(10-23-20(16)26(2)25-12)24-18(27)7-8-19-22-11-17(28-19)13-3-5-14(21)6-4-13/h3-6,9-11H,7-8H2,1-2H3,(H,24,27). The number of aromatic nitrogens is 4. The molecule has 0 radical (unpaired) electrons. The van der Waals surface area contributed by atoms with Crippen LogP contribution in [0.2, 0.25) is 0 Å². The van der Waals surface area contributed by atoms with E-state index in [0.717, 1.165) is 22.3 Å². The molecule has 0 saturated carbocycles. The van der Waals surface area contributed by atoms with Crippen LogP contribution in [0.1, 0.15) is 18.0 Å². The summed E-state index contributed by atoms with van der Waals surface area (Å²) in [5.41, 5.74) is 2.97. The smallest absolute Gasteiger partial charge is 0.224 e. The molecule has 4 rings (SSSR count). The second kappa shape index (κ2) is 7.22. The molecule has 1 amide bonds. The Labute approximate surface area is 160 Å². The van der Waals surface area contributed by atoms with Crippen LogP contribution in [-0.4, -0.2) is 25.7 Å². The molecule has 0 spiro atoms. The monoisotopic (exact) mass is 379 g/mol. The number of nitrogens with zero attached hydrogens (tertiary/aromatic N) is 4. The third kappa shape index (κ3) is 3.62. The Morgan fingerprint density at radius 2 is 2.00 bits per heavy atom. The van der Waals surface area contributed by atoms with Gasteiger partial charge >= 0.3 is 0 Å². The summed E-state index contributed by atoms with van der Waals surface area (Å²) in [7, 11) is 1.83. The van der Waals surface area contributed by atoms with Crippen molar-refractivity contribution < 1.29 is 13.6 Å². The Bertz CT molecular complexity index is 1150. The van der Waals surface area contributed by atoms with E-state index >= 15 is 0 Å². The average Bonchev–Trinajstić information content (AvgIpc) is 3.26. The first-order chi connectivity index (χ1) is 13.5. The van der Waals surface area contributed by atoms with Crippen molar-refractivity contribution in [1.82, 2.24) is 19.7 Å². The van der Waals surface area contributed by atoms with E-state index in [0.29, 0.717) is 23.8 Å². The lowest BCUT2D eigenvalue weighted by Crippen LogP contribution is -2.12. The Morgan fingerprint density at radius 3 is 2.79 bits per heavy atom. The highest BCUT2D eigenvalue weighted by molar-refractivity contribution is 5.93. The Balaban J connectivity index is 1.38. The van der Waals surface area contributed by atoms with E-state index in [1.807, 2.05) is 20.0 Å². The van der Waals surface area contributed by atoms with Gasteiger partial charge < -0.3 is 9.73 Å². The zero-order valence-corrected chi connectivity index (χ0v) is 15.4. The maximum Gasteiger partial charge on any atom is 0.224 e. The fourth-order valence-corrected chi connectivity index (χ4v) is 2.99. The van der Waals surface area contributed by atoms with Crippen LogP contribution in [0.4, 0.5) is 10.1 Å². The normalized spacial score (nSPS) is 11.1. The predicted molar refractivity (Wildman–Crippen MR) is 102 cm³/mol. The quantitative estimate of drug-likeness (QED) is 0.572. The number of benzene rings is 1. The van der Waals surface area contributed by atoms with Crippen molar-refractivity contribution in [2.75, 3.05) is 5.32 Å². The number of amides is 1. The van der Waals surface area contributed by atoms with Crippen LogP contribution in [0.25, 0.3) is 22.4 Å². The molecule has 142 valence electrons. The van der Waals surface area contributed by atoms with E-state index < -0.39 is 0 Å². The number of hydrogen-bond acceptors (Lipinski definition) is 5. The van der Waals surface area contributed by atoms with Crippen molar-refractivity contribution in [3.63, 3.8) is 0 Å². The van der Waals surface area contributed by atoms with Gasteiger partial charge in [-0.05, 0) is 37.3 Å². The summed E-state index contributed by atoms with van der Waals surface area (Å²) in [6.07, 6.45) is 3.75. The molecule has 0 aliphatic carbocycles. The van der Waals surface area contributed by atoms with Crippen LogP contribution in [0.3, 0.4) is 0 Å². The molecule has 0 aliphatic rings. The molecular weight excluding hydrogens is 361 g/mol. The van der Waals surface area contributed by atoms with Gasteiger partial charge in [0.05, 0.1) is 23.8 Å². The van der Waals surface area contributed by atoms with Crippen LogP contribution in [-0.2, 0) is 18.3 Å². The summed E-state index contributed by atoms with van der Waals surface area (Å²) in [5.74, 6) is 0.516. The number of carbonyl (C=O) groups is 1. The maximum atomic E-state index is 13.0. The summed E-state index contributed by atoms with van der Waals surface area (Å²) >= 11 is 0. The Kier molecular flexibility index (Phi) is 4.60. The van der Waals surface area contributed by atoms with E-state index in [4.69, 9.17) is 4.42 Å². The second-order valence-electron chi connectivity index (χ2n) is 6.48. The van der Waals surface area contributed by atoms with Gasteiger partial charge in [-0.2, -0.15) is 5.10 Å². The lowest BCUT2D eigenvalue weighted by molar-refractivity contribution is -0.116. The average molecular weight is 379 g/mol. The van der Waals surface area contributed by atoms with Crippen LogP contribution < -0.4 is 5.32 Å². The highest BCUT2D eigenvalue weighted by Gasteiger charge is 2.11. The topological polar surface area (TPSA) is 85.8 Å². The summed E-state index contributed by atoms with van der Waals surface area (Å²) in [5, 5.41) is 8.05. The number of nitrogens with one attached hydrogen (secondary N) is 1. The number of anilines is 1. The number of rotatable bonds is 5. The number of oxazole rings is 1. The Morgan fingerprint density at radius 1 is 1.21 bits per heavy atom. The number of pyridine rings is 1. The van der Waals surface area contributed by atoms with Crippen LogP contribution in [0, 0.1) is 12.7 Å². The van der Waals surface area contributed by atoms with Gasteiger partial charge in [-0.25, -0.2) is 14.4 Å². The van der Waals surface area contributed by atoms with Crippen molar-refractivity contribution in [2.24, 2.45) is 7.05 Å².